The molecule has 5 nitrogen and oxygen atoms in total. The van der Waals surface area contributed by atoms with E-state index in [-0.39, 0.29) is 11.5 Å². The van der Waals surface area contributed by atoms with Gasteiger partial charge in [-0.2, -0.15) is 9.49 Å². The number of aromatic nitrogens is 3. The van der Waals surface area contributed by atoms with Crippen molar-refractivity contribution in [1.82, 2.24) is 14.8 Å². The molecule has 0 aliphatic carbocycles. The highest BCUT2D eigenvalue weighted by atomic mass is 19.1. The Morgan fingerprint density at radius 2 is 2.28 bits per heavy atom. The van der Waals surface area contributed by atoms with Crippen LogP contribution in [0, 0.1) is 12.9 Å². The molecule has 0 fully saturated rings. The summed E-state index contributed by atoms with van der Waals surface area (Å²) in [4.78, 5) is 15.7. The lowest BCUT2D eigenvalue weighted by Gasteiger charge is -2.09. The number of rotatable bonds is 0. The Labute approximate surface area is 103 Å². The lowest BCUT2D eigenvalue weighted by Crippen LogP contribution is -2.22. The Balaban J connectivity index is 2.35. The molecule has 1 aliphatic heterocycles. The first-order valence-electron chi connectivity index (χ1n) is 5.60. The van der Waals surface area contributed by atoms with E-state index < -0.39 is 12.0 Å². The van der Waals surface area contributed by atoms with Crippen LogP contribution in [-0.2, 0) is 4.79 Å². The van der Waals surface area contributed by atoms with E-state index in [9.17, 15) is 9.18 Å². The number of anilines is 1. The monoisotopic (exact) mass is 246 g/mol. The topological polar surface area (TPSA) is 59.8 Å². The first-order valence-corrected chi connectivity index (χ1v) is 5.60. The van der Waals surface area contributed by atoms with Crippen molar-refractivity contribution in [3.8, 4) is 11.3 Å². The van der Waals surface area contributed by atoms with E-state index in [0.717, 1.165) is 0 Å². The van der Waals surface area contributed by atoms with Gasteiger partial charge < -0.3 is 5.32 Å². The zero-order chi connectivity index (χ0) is 12.9. The highest BCUT2D eigenvalue weighted by Crippen LogP contribution is 2.34. The molecule has 0 spiro atoms. The van der Waals surface area contributed by atoms with E-state index in [1.54, 1.807) is 32.2 Å². The number of fused-ring (bicyclic) bond motifs is 3. The summed E-state index contributed by atoms with van der Waals surface area (Å²) in [5.74, 6) is -0.815. The third-order valence-electron chi connectivity index (χ3n) is 3.03. The van der Waals surface area contributed by atoms with Crippen molar-refractivity contribution in [3.05, 3.63) is 30.0 Å². The summed E-state index contributed by atoms with van der Waals surface area (Å²) >= 11 is 0. The van der Waals surface area contributed by atoms with Crippen LogP contribution in [0.15, 0.2) is 18.3 Å². The van der Waals surface area contributed by atoms with Crippen molar-refractivity contribution in [2.45, 2.75) is 19.9 Å². The number of aryl methyl sites for hydroxylation is 1. The molecule has 92 valence electrons. The number of nitrogens with zero attached hydrogens (tertiary/aromatic N) is 3. The molecule has 0 saturated heterocycles. The number of hydrogen-bond donors (Lipinski definition) is 1. The number of carbonyl (C=O) groups excluding carboxylic acids is 1. The van der Waals surface area contributed by atoms with Crippen LogP contribution < -0.4 is 5.32 Å². The van der Waals surface area contributed by atoms with Gasteiger partial charge in [-0.05, 0) is 26.0 Å². The quantitative estimate of drug-likeness (QED) is 0.722. The lowest BCUT2D eigenvalue weighted by atomic mass is 10.1. The summed E-state index contributed by atoms with van der Waals surface area (Å²) in [6, 6.07) is 2.85. The van der Waals surface area contributed by atoms with Gasteiger partial charge in [-0.1, -0.05) is 0 Å². The van der Waals surface area contributed by atoms with Crippen LogP contribution in [0.25, 0.3) is 11.3 Å². The largest absolute Gasteiger partial charge is 0.323 e. The summed E-state index contributed by atoms with van der Waals surface area (Å²) in [7, 11) is 0. The second kappa shape index (κ2) is 3.63. The molecule has 1 amide bonds. The Bertz CT molecular complexity index is 650. The van der Waals surface area contributed by atoms with E-state index in [1.165, 1.54) is 4.68 Å². The third kappa shape index (κ3) is 1.42. The van der Waals surface area contributed by atoms with Crippen molar-refractivity contribution in [1.29, 1.82) is 0 Å². The van der Waals surface area contributed by atoms with Crippen LogP contribution in [0.4, 0.5) is 10.1 Å². The SMILES string of the molecule is Cc1cc2c(c(F)n1)-c1ccnn1C(C)C(=O)N2. The molecule has 2 aromatic heterocycles. The minimum Gasteiger partial charge on any atom is -0.323 e. The van der Waals surface area contributed by atoms with Gasteiger partial charge in [0, 0.05) is 11.9 Å². The van der Waals surface area contributed by atoms with E-state index in [4.69, 9.17) is 0 Å². The van der Waals surface area contributed by atoms with Gasteiger partial charge in [0.05, 0.1) is 16.9 Å². The number of amides is 1. The Kier molecular flexibility index (Phi) is 2.19. The summed E-state index contributed by atoms with van der Waals surface area (Å²) < 4.78 is 15.5. The molecule has 1 N–H and O–H groups in total. The predicted molar refractivity (Wildman–Crippen MR) is 63.5 cm³/mol. The average Bonchev–Trinajstić information content (AvgIpc) is 2.72. The first-order chi connectivity index (χ1) is 8.58. The molecule has 0 saturated carbocycles. The van der Waals surface area contributed by atoms with Crippen molar-refractivity contribution in [2.75, 3.05) is 5.32 Å². The van der Waals surface area contributed by atoms with E-state index in [2.05, 4.69) is 15.4 Å². The maximum atomic E-state index is 14.0. The van der Waals surface area contributed by atoms with Crippen LogP contribution in [-0.4, -0.2) is 20.7 Å². The maximum absolute atomic E-state index is 14.0. The van der Waals surface area contributed by atoms with E-state index in [0.29, 0.717) is 17.1 Å². The first kappa shape index (κ1) is 10.9. The Morgan fingerprint density at radius 1 is 1.50 bits per heavy atom. The van der Waals surface area contributed by atoms with Gasteiger partial charge in [-0.25, -0.2) is 4.98 Å². The second-order valence-electron chi connectivity index (χ2n) is 4.30. The van der Waals surface area contributed by atoms with Crippen LogP contribution >= 0.6 is 0 Å². The normalized spacial score (nSPS) is 17.7. The van der Waals surface area contributed by atoms with Gasteiger partial charge in [-0.15, -0.1) is 0 Å². The van der Waals surface area contributed by atoms with Crippen LogP contribution in [0.3, 0.4) is 0 Å². The average molecular weight is 246 g/mol. The molecule has 1 atom stereocenters. The molecule has 0 bridgehead atoms. The fraction of sp³-hybridized carbons (Fsp3) is 0.250. The van der Waals surface area contributed by atoms with Crippen molar-refractivity contribution >= 4 is 11.6 Å². The van der Waals surface area contributed by atoms with Crippen molar-refractivity contribution < 1.29 is 9.18 Å². The number of hydrogen-bond acceptors (Lipinski definition) is 3. The van der Waals surface area contributed by atoms with Gasteiger partial charge >= 0.3 is 0 Å². The molecular formula is C12H11FN4O. The third-order valence-corrected chi connectivity index (χ3v) is 3.03. The van der Waals surface area contributed by atoms with E-state index in [1.807, 2.05) is 0 Å². The fourth-order valence-corrected chi connectivity index (χ4v) is 2.15. The van der Waals surface area contributed by atoms with Gasteiger partial charge in [0.1, 0.15) is 6.04 Å². The molecular weight excluding hydrogens is 235 g/mol. The number of nitrogens with one attached hydrogen (secondary N) is 1. The minimum atomic E-state index is -0.596. The molecule has 3 heterocycles. The van der Waals surface area contributed by atoms with Crippen LogP contribution in [0.2, 0.25) is 0 Å². The Hall–Kier alpha value is -2.24. The molecule has 6 heteroatoms. The summed E-state index contributed by atoms with van der Waals surface area (Å²) in [6.07, 6.45) is 1.55. The van der Waals surface area contributed by atoms with E-state index >= 15 is 0 Å². The smallest absolute Gasteiger partial charge is 0.248 e. The minimum absolute atomic E-state index is 0.219. The summed E-state index contributed by atoms with van der Waals surface area (Å²) in [6.45, 7) is 3.40. The number of halogens is 1. The zero-order valence-electron chi connectivity index (χ0n) is 9.94. The molecule has 3 rings (SSSR count). The Morgan fingerprint density at radius 3 is 3.06 bits per heavy atom. The van der Waals surface area contributed by atoms with Crippen LogP contribution in [0.1, 0.15) is 18.7 Å². The highest BCUT2D eigenvalue weighted by Gasteiger charge is 2.28. The van der Waals surface area contributed by atoms with Gasteiger partial charge in [0.25, 0.3) is 0 Å². The second-order valence-corrected chi connectivity index (χ2v) is 4.30. The zero-order valence-corrected chi connectivity index (χ0v) is 9.94. The highest BCUT2D eigenvalue weighted by molar-refractivity contribution is 5.99. The lowest BCUT2D eigenvalue weighted by molar-refractivity contribution is -0.118. The predicted octanol–water partition coefficient (Wildman–Crippen LogP) is 1.91. The molecule has 0 aromatic carbocycles. The fourth-order valence-electron chi connectivity index (χ4n) is 2.15. The van der Waals surface area contributed by atoms with Crippen LogP contribution in [0.5, 0.6) is 0 Å². The summed E-state index contributed by atoms with van der Waals surface area (Å²) in [5, 5.41) is 6.78. The summed E-state index contributed by atoms with van der Waals surface area (Å²) in [5.41, 5.74) is 1.81. The molecule has 1 unspecified atom stereocenters. The molecule has 2 aromatic rings. The molecule has 18 heavy (non-hydrogen) atoms. The maximum Gasteiger partial charge on any atom is 0.248 e. The van der Waals surface area contributed by atoms with Gasteiger partial charge in [0.2, 0.25) is 11.9 Å². The molecule has 1 aliphatic rings. The number of carbonyl (C=O) groups is 1. The van der Waals surface area contributed by atoms with Gasteiger partial charge in [-0.3, -0.25) is 9.48 Å². The molecule has 0 radical (unpaired) electrons. The van der Waals surface area contributed by atoms with Crippen molar-refractivity contribution in [3.63, 3.8) is 0 Å². The van der Waals surface area contributed by atoms with Gasteiger partial charge in [0.15, 0.2) is 0 Å². The van der Waals surface area contributed by atoms with Crippen molar-refractivity contribution in [2.24, 2.45) is 0 Å². The number of pyridine rings is 1. The standard InChI is InChI=1S/C12H11FN4O/c1-6-5-8-10(11(13)15-6)9-3-4-14-17(9)7(2)12(18)16-8/h3-5,7H,1-2H3,(H,16,18).